The van der Waals surface area contributed by atoms with E-state index in [0.29, 0.717) is 6.04 Å². The number of nitrogen functional groups attached to an aromatic ring is 1. The highest BCUT2D eigenvalue weighted by Crippen LogP contribution is 2.27. The van der Waals surface area contributed by atoms with E-state index in [0.717, 1.165) is 17.1 Å². The van der Waals surface area contributed by atoms with Gasteiger partial charge in [0.15, 0.2) is 0 Å². The molecule has 1 saturated heterocycles. The first-order valence-electron chi connectivity index (χ1n) is 5.57. The van der Waals surface area contributed by atoms with Gasteiger partial charge in [-0.05, 0) is 36.5 Å². The summed E-state index contributed by atoms with van der Waals surface area (Å²) in [6.45, 7) is 0. The lowest BCUT2D eigenvalue weighted by Crippen LogP contribution is -2.24. The van der Waals surface area contributed by atoms with Gasteiger partial charge in [-0.15, -0.1) is 0 Å². The third-order valence-corrected chi connectivity index (χ3v) is 3.89. The van der Waals surface area contributed by atoms with Gasteiger partial charge in [-0.1, -0.05) is 0 Å². The topological polar surface area (TPSA) is 47.3 Å². The van der Waals surface area contributed by atoms with Crippen LogP contribution in [0.1, 0.15) is 12.8 Å². The average Bonchev–Trinajstić information content (AvgIpc) is 2.33. The lowest BCUT2D eigenvalue weighted by atomic mass is 10.1. The summed E-state index contributed by atoms with van der Waals surface area (Å²) >= 11 is 2.03. The second-order valence-corrected chi connectivity index (χ2v) is 5.21. The molecule has 0 saturated carbocycles. The molecule has 1 aromatic carbocycles. The zero-order chi connectivity index (χ0) is 11.4. The van der Waals surface area contributed by atoms with Crippen molar-refractivity contribution in [3.05, 3.63) is 18.2 Å². The monoisotopic (exact) mass is 238 g/mol. The Hall–Kier alpha value is -1.03. The Morgan fingerprint density at radius 1 is 1.38 bits per heavy atom. The Morgan fingerprint density at radius 3 is 2.81 bits per heavy atom. The molecule has 1 aliphatic heterocycles. The summed E-state index contributed by atoms with van der Waals surface area (Å²) in [5.74, 6) is 3.32. The molecule has 3 nitrogen and oxygen atoms in total. The molecule has 0 amide bonds. The van der Waals surface area contributed by atoms with E-state index in [-0.39, 0.29) is 0 Å². The quantitative estimate of drug-likeness (QED) is 0.795. The molecule has 88 valence electrons. The number of benzene rings is 1. The fraction of sp³-hybridized carbons (Fsp3) is 0.500. The van der Waals surface area contributed by atoms with E-state index in [1.807, 2.05) is 30.0 Å². The summed E-state index contributed by atoms with van der Waals surface area (Å²) < 4.78 is 5.20. The van der Waals surface area contributed by atoms with Gasteiger partial charge in [0.2, 0.25) is 0 Å². The van der Waals surface area contributed by atoms with Gasteiger partial charge in [-0.2, -0.15) is 11.8 Å². The van der Waals surface area contributed by atoms with Crippen LogP contribution in [0.25, 0.3) is 0 Å². The largest absolute Gasteiger partial charge is 0.497 e. The van der Waals surface area contributed by atoms with Crippen molar-refractivity contribution in [2.45, 2.75) is 18.9 Å². The molecule has 1 heterocycles. The molecule has 0 aliphatic carbocycles. The molecule has 0 spiro atoms. The van der Waals surface area contributed by atoms with Gasteiger partial charge in [0.25, 0.3) is 0 Å². The summed E-state index contributed by atoms with van der Waals surface area (Å²) in [4.78, 5) is 0. The predicted octanol–water partition coefficient (Wildman–Crippen LogP) is 2.58. The maximum Gasteiger partial charge on any atom is 0.121 e. The van der Waals surface area contributed by atoms with Crippen molar-refractivity contribution in [1.82, 2.24) is 0 Å². The van der Waals surface area contributed by atoms with Crippen LogP contribution < -0.4 is 15.8 Å². The number of thioether (sulfide) groups is 1. The van der Waals surface area contributed by atoms with Gasteiger partial charge in [0, 0.05) is 12.1 Å². The van der Waals surface area contributed by atoms with Crippen LogP contribution in [0.2, 0.25) is 0 Å². The Kier molecular flexibility index (Phi) is 3.83. The number of anilines is 2. The highest BCUT2D eigenvalue weighted by Gasteiger charge is 2.14. The number of nitrogens with two attached hydrogens (primary N) is 1. The molecule has 4 heteroatoms. The molecule has 0 atom stereocenters. The molecule has 2 rings (SSSR count). The van der Waals surface area contributed by atoms with Gasteiger partial charge >= 0.3 is 0 Å². The van der Waals surface area contributed by atoms with Gasteiger partial charge in [0.1, 0.15) is 5.75 Å². The van der Waals surface area contributed by atoms with E-state index in [9.17, 15) is 0 Å². The Balaban J connectivity index is 2.06. The van der Waals surface area contributed by atoms with E-state index in [4.69, 9.17) is 10.5 Å². The Morgan fingerprint density at radius 2 is 2.12 bits per heavy atom. The first-order chi connectivity index (χ1) is 7.79. The minimum absolute atomic E-state index is 0.552. The van der Waals surface area contributed by atoms with Gasteiger partial charge in [-0.25, -0.2) is 0 Å². The molecular formula is C12H18N2OS. The van der Waals surface area contributed by atoms with Crippen molar-refractivity contribution in [2.24, 2.45) is 0 Å². The lowest BCUT2D eigenvalue weighted by molar-refractivity contribution is 0.415. The summed E-state index contributed by atoms with van der Waals surface area (Å²) in [6.07, 6.45) is 2.42. The second kappa shape index (κ2) is 5.34. The fourth-order valence-electron chi connectivity index (χ4n) is 1.85. The molecule has 0 bridgehead atoms. The zero-order valence-corrected chi connectivity index (χ0v) is 10.3. The molecule has 1 aliphatic rings. The van der Waals surface area contributed by atoms with Crippen LogP contribution >= 0.6 is 11.8 Å². The minimum atomic E-state index is 0.552. The van der Waals surface area contributed by atoms with Crippen molar-refractivity contribution in [3.63, 3.8) is 0 Å². The van der Waals surface area contributed by atoms with E-state index in [1.165, 1.54) is 24.3 Å². The molecule has 1 aromatic rings. The van der Waals surface area contributed by atoms with Gasteiger partial charge in [-0.3, -0.25) is 0 Å². The van der Waals surface area contributed by atoms with Crippen LogP contribution in [0.15, 0.2) is 18.2 Å². The first-order valence-corrected chi connectivity index (χ1v) is 6.73. The van der Waals surface area contributed by atoms with E-state index < -0.39 is 0 Å². The molecule has 0 aromatic heterocycles. The summed E-state index contributed by atoms with van der Waals surface area (Å²) in [7, 11) is 1.67. The van der Waals surface area contributed by atoms with Crippen LogP contribution in [-0.4, -0.2) is 24.7 Å². The van der Waals surface area contributed by atoms with Crippen molar-refractivity contribution < 1.29 is 4.74 Å². The fourth-order valence-corrected chi connectivity index (χ4v) is 2.96. The van der Waals surface area contributed by atoms with Crippen LogP contribution in [-0.2, 0) is 0 Å². The smallest absolute Gasteiger partial charge is 0.121 e. The molecule has 3 N–H and O–H groups in total. The molecule has 0 radical (unpaired) electrons. The number of hydrogen-bond acceptors (Lipinski definition) is 4. The number of nitrogens with one attached hydrogen (secondary N) is 1. The second-order valence-electron chi connectivity index (χ2n) is 3.98. The van der Waals surface area contributed by atoms with E-state index >= 15 is 0 Å². The van der Waals surface area contributed by atoms with Crippen LogP contribution in [0.3, 0.4) is 0 Å². The third-order valence-electron chi connectivity index (χ3n) is 2.84. The highest BCUT2D eigenvalue weighted by molar-refractivity contribution is 7.99. The molecule has 16 heavy (non-hydrogen) atoms. The summed E-state index contributed by atoms with van der Waals surface area (Å²) in [5.41, 5.74) is 7.73. The number of hydrogen-bond donors (Lipinski definition) is 2. The molecule has 0 unspecified atom stereocenters. The Labute approximate surface area is 101 Å². The average molecular weight is 238 g/mol. The standard InChI is InChI=1S/C12H18N2OS/c1-15-10-2-3-11(13)12(8-10)14-9-4-6-16-7-5-9/h2-3,8-9,14H,4-7,13H2,1H3. The van der Waals surface area contributed by atoms with Crippen LogP contribution in [0.4, 0.5) is 11.4 Å². The van der Waals surface area contributed by atoms with Gasteiger partial charge in [0.05, 0.1) is 18.5 Å². The predicted molar refractivity (Wildman–Crippen MR) is 71.4 cm³/mol. The normalized spacial score (nSPS) is 17.1. The van der Waals surface area contributed by atoms with E-state index in [2.05, 4.69) is 5.32 Å². The number of ether oxygens (including phenoxy) is 1. The molecular weight excluding hydrogens is 220 g/mol. The zero-order valence-electron chi connectivity index (χ0n) is 9.53. The number of methoxy groups -OCH3 is 1. The number of rotatable bonds is 3. The van der Waals surface area contributed by atoms with Crippen LogP contribution in [0, 0.1) is 0 Å². The van der Waals surface area contributed by atoms with Crippen molar-refractivity contribution in [2.75, 3.05) is 29.7 Å². The highest BCUT2D eigenvalue weighted by atomic mass is 32.2. The minimum Gasteiger partial charge on any atom is -0.497 e. The summed E-state index contributed by atoms with van der Waals surface area (Å²) in [5, 5.41) is 3.51. The van der Waals surface area contributed by atoms with Crippen LogP contribution in [0.5, 0.6) is 5.75 Å². The first kappa shape index (κ1) is 11.5. The Bertz CT molecular complexity index is 351. The maximum atomic E-state index is 5.94. The van der Waals surface area contributed by atoms with Crippen molar-refractivity contribution in [3.8, 4) is 5.75 Å². The van der Waals surface area contributed by atoms with Crippen molar-refractivity contribution in [1.29, 1.82) is 0 Å². The molecule has 1 fully saturated rings. The third kappa shape index (κ3) is 2.76. The van der Waals surface area contributed by atoms with Crippen molar-refractivity contribution >= 4 is 23.1 Å². The van der Waals surface area contributed by atoms with Gasteiger partial charge < -0.3 is 15.8 Å². The maximum absolute atomic E-state index is 5.94. The lowest BCUT2D eigenvalue weighted by Gasteiger charge is -2.24. The summed E-state index contributed by atoms with van der Waals surface area (Å²) in [6, 6.07) is 6.29. The van der Waals surface area contributed by atoms with E-state index in [1.54, 1.807) is 7.11 Å². The SMILES string of the molecule is COc1ccc(N)c(NC2CCSCC2)c1.